The number of carbonyl (C=O) groups excluding carboxylic acids is 1. The SMILES string of the molecule is CCCCCCCCCCCCCCCCCC(=O)N(C)C(CC1=CC=C(OC)CC1)C(=O)O. The summed E-state index contributed by atoms with van der Waals surface area (Å²) in [5.74, 6) is -0.0883. The van der Waals surface area contributed by atoms with Crippen molar-refractivity contribution >= 4 is 11.9 Å². The van der Waals surface area contributed by atoms with Crippen molar-refractivity contribution in [2.24, 2.45) is 0 Å². The molecule has 0 aliphatic heterocycles. The molecule has 1 aliphatic rings. The summed E-state index contributed by atoms with van der Waals surface area (Å²) in [6.45, 7) is 2.27. The quantitative estimate of drug-likeness (QED) is 0.171. The summed E-state index contributed by atoms with van der Waals surface area (Å²) < 4.78 is 5.23. The third-order valence-corrected chi connectivity index (χ3v) is 7.06. The largest absolute Gasteiger partial charge is 0.501 e. The van der Waals surface area contributed by atoms with Gasteiger partial charge < -0.3 is 14.7 Å². The Morgan fingerprint density at radius 3 is 1.76 bits per heavy atom. The van der Waals surface area contributed by atoms with Crippen LogP contribution in [0, 0.1) is 0 Å². The number of rotatable bonds is 21. The van der Waals surface area contributed by atoms with Crippen molar-refractivity contribution in [3.8, 4) is 0 Å². The van der Waals surface area contributed by atoms with Gasteiger partial charge in [-0.25, -0.2) is 4.79 Å². The van der Waals surface area contributed by atoms with E-state index in [0.29, 0.717) is 12.8 Å². The average Bonchev–Trinajstić information content (AvgIpc) is 2.84. The molecular weight excluding hydrogens is 426 g/mol. The van der Waals surface area contributed by atoms with Crippen molar-refractivity contribution < 1.29 is 19.4 Å². The van der Waals surface area contributed by atoms with E-state index in [4.69, 9.17) is 4.74 Å². The molecule has 0 aromatic carbocycles. The van der Waals surface area contributed by atoms with Crippen molar-refractivity contribution in [1.82, 2.24) is 4.90 Å². The van der Waals surface area contributed by atoms with E-state index in [1.165, 1.54) is 81.9 Å². The van der Waals surface area contributed by atoms with Crippen molar-refractivity contribution in [3.63, 3.8) is 0 Å². The summed E-state index contributed by atoms with van der Waals surface area (Å²) in [5, 5.41) is 9.66. The van der Waals surface area contributed by atoms with E-state index in [1.54, 1.807) is 14.2 Å². The second kappa shape index (κ2) is 19.5. The molecular formula is C29H51NO4. The fourth-order valence-corrected chi connectivity index (χ4v) is 4.64. The van der Waals surface area contributed by atoms with Crippen LogP contribution in [0.5, 0.6) is 0 Å². The molecule has 0 aromatic rings. The lowest BCUT2D eigenvalue weighted by atomic mass is 9.96. The molecule has 0 saturated carbocycles. The second-order valence-electron chi connectivity index (χ2n) is 9.92. The lowest BCUT2D eigenvalue weighted by Crippen LogP contribution is -2.42. The highest BCUT2D eigenvalue weighted by molar-refractivity contribution is 5.83. The molecule has 0 aromatic heterocycles. The first kappa shape index (κ1) is 30.3. The van der Waals surface area contributed by atoms with Crippen LogP contribution in [0.2, 0.25) is 0 Å². The molecule has 0 saturated heterocycles. The Hall–Kier alpha value is -1.78. The summed E-state index contributed by atoms with van der Waals surface area (Å²) >= 11 is 0. The number of allylic oxidation sites excluding steroid dienone is 3. The molecule has 0 fully saturated rings. The third-order valence-electron chi connectivity index (χ3n) is 7.06. The predicted molar refractivity (Wildman–Crippen MR) is 141 cm³/mol. The number of methoxy groups -OCH3 is 1. The van der Waals surface area contributed by atoms with Gasteiger partial charge in [-0.2, -0.15) is 0 Å². The normalized spacial score (nSPS) is 14.3. The summed E-state index contributed by atoms with van der Waals surface area (Å²) in [7, 11) is 3.28. The molecule has 196 valence electrons. The van der Waals surface area contributed by atoms with E-state index in [2.05, 4.69) is 6.92 Å². The minimum atomic E-state index is -0.935. The minimum Gasteiger partial charge on any atom is -0.501 e. The molecule has 0 bridgehead atoms. The molecule has 1 rings (SSSR count). The van der Waals surface area contributed by atoms with Crippen LogP contribution in [0.1, 0.15) is 129 Å². The van der Waals surface area contributed by atoms with Gasteiger partial charge in [-0.15, -0.1) is 0 Å². The maximum Gasteiger partial charge on any atom is 0.326 e. The first-order chi connectivity index (χ1) is 16.5. The molecule has 0 spiro atoms. The minimum absolute atomic E-state index is 0.0633. The number of aliphatic carboxylic acids is 1. The number of nitrogens with zero attached hydrogens (tertiary/aromatic N) is 1. The van der Waals surface area contributed by atoms with Gasteiger partial charge >= 0.3 is 5.97 Å². The standard InChI is InChI=1S/C29H51NO4/c1-4-5-6-7-8-9-10-11-12-13-14-15-16-17-18-19-28(31)30(2)27(29(32)33)24-25-20-22-26(34-3)23-21-25/h20,22,27H,4-19,21,23-24H2,1-3H3,(H,32,33). The van der Waals surface area contributed by atoms with Crippen LogP contribution >= 0.6 is 0 Å². The Kier molecular flexibility index (Phi) is 17.4. The molecule has 1 atom stereocenters. The maximum atomic E-state index is 12.6. The average molecular weight is 478 g/mol. The van der Waals surface area contributed by atoms with E-state index in [0.717, 1.165) is 43.4 Å². The zero-order valence-electron chi connectivity index (χ0n) is 22.3. The molecule has 5 nitrogen and oxygen atoms in total. The van der Waals surface area contributed by atoms with Crippen LogP contribution in [0.3, 0.4) is 0 Å². The van der Waals surface area contributed by atoms with Crippen LogP contribution in [0.4, 0.5) is 0 Å². The molecule has 0 heterocycles. The van der Waals surface area contributed by atoms with E-state index in [-0.39, 0.29) is 5.91 Å². The summed E-state index contributed by atoms with van der Waals surface area (Å²) in [4.78, 5) is 25.8. The summed E-state index contributed by atoms with van der Waals surface area (Å²) in [6.07, 6.45) is 25.6. The maximum absolute atomic E-state index is 12.6. The molecule has 5 heteroatoms. The van der Waals surface area contributed by atoms with Gasteiger partial charge in [-0.05, 0) is 25.3 Å². The van der Waals surface area contributed by atoms with Crippen LogP contribution in [-0.2, 0) is 14.3 Å². The van der Waals surface area contributed by atoms with Crippen molar-refractivity contribution in [1.29, 1.82) is 0 Å². The molecule has 1 amide bonds. The lowest BCUT2D eigenvalue weighted by Gasteiger charge is -2.26. The number of unbranched alkanes of at least 4 members (excludes halogenated alkanes) is 14. The molecule has 1 aliphatic carbocycles. The van der Waals surface area contributed by atoms with Gasteiger partial charge in [0.05, 0.1) is 12.9 Å². The Balaban J connectivity index is 2.09. The van der Waals surface area contributed by atoms with Gasteiger partial charge in [0.25, 0.3) is 0 Å². The summed E-state index contributed by atoms with van der Waals surface area (Å²) in [5.41, 5.74) is 1.06. The zero-order chi connectivity index (χ0) is 25.0. The first-order valence-corrected chi connectivity index (χ1v) is 13.9. The second-order valence-corrected chi connectivity index (χ2v) is 9.92. The number of ether oxygens (including phenoxy) is 1. The monoisotopic (exact) mass is 477 g/mol. The van der Waals surface area contributed by atoms with Gasteiger partial charge in [0.15, 0.2) is 0 Å². The number of amides is 1. The van der Waals surface area contributed by atoms with E-state index < -0.39 is 12.0 Å². The number of carboxylic acid groups (broad SMARTS) is 1. The predicted octanol–water partition coefficient (Wildman–Crippen LogP) is 7.80. The summed E-state index contributed by atoms with van der Waals surface area (Å²) in [6, 6.07) is -0.799. The third kappa shape index (κ3) is 13.8. The Morgan fingerprint density at radius 1 is 0.853 bits per heavy atom. The van der Waals surface area contributed by atoms with E-state index >= 15 is 0 Å². The Labute approximate surface area is 209 Å². The van der Waals surface area contributed by atoms with Gasteiger partial charge in [0, 0.05) is 19.9 Å². The fraction of sp³-hybridized carbons (Fsp3) is 0.793. The first-order valence-electron chi connectivity index (χ1n) is 13.9. The van der Waals surface area contributed by atoms with Crippen LogP contribution in [-0.4, -0.2) is 42.1 Å². The molecule has 0 radical (unpaired) electrons. The molecule has 1 N–H and O–H groups in total. The van der Waals surface area contributed by atoms with Crippen molar-refractivity contribution in [3.05, 3.63) is 23.5 Å². The van der Waals surface area contributed by atoms with Crippen molar-refractivity contribution in [2.75, 3.05) is 14.2 Å². The highest BCUT2D eigenvalue weighted by atomic mass is 16.5. The van der Waals surface area contributed by atoms with Crippen molar-refractivity contribution in [2.45, 2.75) is 135 Å². The van der Waals surface area contributed by atoms with Crippen LogP contribution < -0.4 is 0 Å². The highest BCUT2D eigenvalue weighted by Gasteiger charge is 2.27. The zero-order valence-corrected chi connectivity index (χ0v) is 22.3. The highest BCUT2D eigenvalue weighted by Crippen LogP contribution is 2.24. The van der Waals surface area contributed by atoms with E-state index in [9.17, 15) is 14.7 Å². The topological polar surface area (TPSA) is 66.8 Å². The number of carbonyl (C=O) groups is 2. The lowest BCUT2D eigenvalue weighted by molar-refractivity contribution is -0.149. The van der Waals surface area contributed by atoms with E-state index in [1.807, 2.05) is 12.2 Å². The molecule has 1 unspecified atom stereocenters. The van der Waals surface area contributed by atoms with Gasteiger partial charge in [-0.3, -0.25) is 4.79 Å². The fourth-order valence-electron chi connectivity index (χ4n) is 4.64. The van der Waals surface area contributed by atoms with Gasteiger partial charge in [0.2, 0.25) is 5.91 Å². The van der Waals surface area contributed by atoms with Gasteiger partial charge in [-0.1, -0.05) is 108 Å². The van der Waals surface area contributed by atoms with Crippen LogP contribution in [0.25, 0.3) is 0 Å². The van der Waals surface area contributed by atoms with Gasteiger partial charge in [0.1, 0.15) is 6.04 Å². The number of hydrogen-bond donors (Lipinski definition) is 1. The Morgan fingerprint density at radius 2 is 1.35 bits per heavy atom. The smallest absolute Gasteiger partial charge is 0.326 e. The Bertz CT molecular complexity index is 626. The number of hydrogen-bond acceptors (Lipinski definition) is 3. The number of likely N-dealkylation sites (N-methyl/N-ethyl adjacent to an activating group) is 1. The van der Waals surface area contributed by atoms with Crippen LogP contribution in [0.15, 0.2) is 23.5 Å². The number of carboxylic acids is 1. The molecule has 34 heavy (non-hydrogen) atoms.